The molecule has 0 aromatic heterocycles. The van der Waals surface area contributed by atoms with Crippen LogP contribution in [0.4, 0.5) is 4.20 Å². The minimum atomic E-state index is -4.55. The first-order valence-corrected chi connectivity index (χ1v) is 2.62. The molecule has 2 N–H and O–H groups in total. The molecule has 0 heterocycles. The third-order valence-electron chi connectivity index (χ3n) is 0. The molecule has 28 valence electrons. The van der Waals surface area contributed by atoms with E-state index < -0.39 is 8.27 Å². The molecule has 4 heavy (non-hydrogen) atoms. The molecule has 3 heteroatoms. The molecule has 0 amide bonds. The topological polar surface area (TPSA) is 26.0 Å². The second-order valence-electron chi connectivity index (χ2n) is 0.525. The molecule has 0 saturated carbocycles. The summed E-state index contributed by atoms with van der Waals surface area (Å²) in [7, 11) is -4.55. The molecule has 0 fully saturated rings. The number of halogens is 1. The molecule has 0 saturated heterocycles. The molecule has 0 bridgehead atoms. The van der Waals surface area contributed by atoms with Crippen LogP contribution in [0, 0.1) is 0 Å². The molecule has 0 aromatic rings. The van der Waals surface area contributed by atoms with Crippen molar-refractivity contribution in [2.24, 2.45) is 5.50 Å². The monoisotopic (exact) mass is 86.0 g/mol. The Kier molecular flexibility index (Phi) is 0.682. The maximum absolute atomic E-state index is 11.6. The summed E-state index contributed by atoms with van der Waals surface area (Å²) in [5, 5.41) is 0. The Bertz CT molecular complexity index is 46.7. The summed E-state index contributed by atoms with van der Waals surface area (Å²) in [4.78, 5) is 0. The van der Waals surface area contributed by atoms with Gasteiger partial charge in [0, 0.05) is 0 Å². The summed E-state index contributed by atoms with van der Waals surface area (Å²) in [6.45, 7) is 0.783. The first-order valence-electron chi connectivity index (χ1n) is 1.77. The summed E-state index contributed by atoms with van der Waals surface area (Å²) in [6.07, 6.45) is 0. The van der Waals surface area contributed by atoms with Crippen molar-refractivity contribution in [2.75, 3.05) is 6.66 Å². The van der Waals surface area contributed by atoms with Crippen molar-refractivity contribution in [3.63, 3.8) is 0 Å². The quantitative estimate of drug-likeness (QED) is 0.422. The van der Waals surface area contributed by atoms with Gasteiger partial charge in [0.2, 0.25) is 0 Å². The SMILES string of the molecule is [2H]P([3H])(C)(N)F. The molecule has 0 unspecified atom stereocenters. The van der Waals surface area contributed by atoms with Crippen molar-refractivity contribution < 1.29 is 4.20 Å². The van der Waals surface area contributed by atoms with Crippen LogP contribution in [0.3, 0.4) is 0 Å². The van der Waals surface area contributed by atoms with Gasteiger partial charge in [-0.3, -0.25) is 0 Å². The second kappa shape index (κ2) is 1.62. The third kappa shape index (κ3) is 39.5. The van der Waals surface area contributed by atoms with Gasteiger partial charge in [0.1, 0.15) is 0 Å². The van der Waals surface area contributed by atoms with Crippen molar-refractivity contribution in [3.8, 4) is 0 Å². The van der Waals surface area contributed by atoms with Crippen LogP contribution in [0.2, 0.25) is 0 Å². The Hall–Kier alpha value is 0.320. The van der Waals surface area contributed by atoms with E-state index in [2.05, 4.69) is 5.50 Å². The third-order valence-corrected chi connectivity index (χ3v) is 0. The Morgan fingerprint density at radius 1 is 3.00 bits per heavy atom. The summed E-state index contributed by atoms with van der Waals surface area (Å²) in [5.41, 5.74) is 4.39. The number of nitrogens with two attached hydrogens (primary N) is 1. The van der Waals surface area contributed by atoms with Crippen LogP contribution in [-0.4, -0.2) is 9.22 Å². The normalized spacial score (nSPS) is 29.2. The van der Waals surface area contributed by atoms with Gasteiger partial charge in [-0.25, -0.2) is 0 Å². The molecule has 1 nitrogen and oxygen atoms in total. The van der Waals surface area contributed by atoms with E-state index >= 15 is 0 Å². The van der Waals surface area contributed by atoms with Crippen molar-refractivity contribution in [2.45, 2.75) is 0 Å². The molecule has 0 aliphatic rings. The first kappa shape index (κ1) is 1.68. The van der Waals surface area contributed by atoms with E-state index in [1.165, 1.54) is 0 Å². The summed E-state index contributed by atoms with van der Waals surface area (Å²) in [5.74, 6) is 0. The molecule has 0 spiro atoms. The zero-order valence-corrected chi connectivity index (χ0v) is 3.30. The van der Waals surface area contributed by atoms with Crippen LogP contribution in [0.5, 0.6) is 0 Å². The van der Waals surface area contributed by atoms with Crippen LogP contribution in [0.25, 0.3) is 0 Å². The van der Waals surface area contributed by atoms with E-state index in [0.717, 1.165) is 6.66 Å². The number of hydrogen-bond donors (Lipinski definition) is 1. The predicted octanol–water partition coefficient (Wildman–Crippen LogP) is 0.321. The molecule has 0 rings (SSSR count). The van der Waals surface area contributed by atoms with Gasteiger partial charge in [-0.15, -0.1) is 0 Å². The fraction of sp³-hybridized carbons (Fsp3) is 1.00. The van der Waals surface area contributed by atoms with Gasteiger partial charge in [0.15, 0.2) is 0 Å². The fourth-order valence-corrected chi connectivity index (χ4v) is 0. The summed E-state index contributed by atoms with van der Waals surface area (Å²) >= 11 is 0. The molecule has 0 aromatic carbocycles. The Morgan fingerprint density at radius 3 is 3.00 bits per heavy atom. The Labute approximate surface area is 28.5 Å². The number of hydrogen-bond acceptors (Lipinski definition) is 1. The van der Waals surface area contributed by atoms with E-state index in [0.29, 0.717) is 0 Å². The molecule has 0 aliphatic carbocycles. The van der Waals surface area contributed by atoms with Crippen LogP contribution in [0.1, 0.15) is 0 Å². The van der Waals surface area contributed by atoms with Gasteiger partial charge < -0.3 is 0 Å². The van der Waals surface area contributed by atoms with Gasteiger partial charge in [-0.05, 0) is 0 Å². The van der Waals surface area contributed by atoms with Crippen LogP contribution in [0.15, 0.2) is 0 Å². The van der Waals surface area contributed by atoms with Crippen molar-refractivity contribution in [1.82, 2.24) is 0 Å². The van der Waals surface area contributed by atoms with Gasteiger partial charge in [0.25, 0.3) is 0 Å². The maximum atomic E-state index is 11.6. The second-order valence-corrected chi connectivity index (χ2v) is 1.57. The Balaban J connectivity index is 3.73. The van der Waals surface area contributed by atoms with E-state index in [4.69, 9.17) is 2.56 Å². The van der Waals surface area contributed by atoms with Crippen molar-refractivity contribution >= 4 is 8.27 Å². The van der Waals surface area contributed by atoms with Gasteiger partial charge in [-0.1, -0.05) is 0 Å². The Morgan fingerprint density at radius 2 is 3.00 bits per heavy atom. The zero-order valence-electron chi connectivity index (χ0n) is 4.40. The molecular formula is CH7FNP. The standard InChI is InChI=1S/CH7FNP/c1-4(2)3/h3-4H2,1H3/i4TD. The van der Waals surface area contributed by atoms with E-state index in [-0.39, 0.29) is 0 Å². The minimum absolute atomic E-state index is 0.783. The van der Waals surface area contributed by atoms with Gasteiger partial charge >= 0.3 is 27.2 Å². The average Bonchev–Trinajstić information content (AvgIpc) is 0.650. The summed E-state index contributed by atoms with van der Waals surface area (Å²) < 4.78 is 24.0. The van der Waals surface area contributed by atoms with E-state index in [1.54, 1.807) is 0 Å². The first-order chi connectivity index (χ1) is 2.24. The van der Waals surface area contributed by atoms with Crippen LogP contribution >= 0.6 is 8.27 Å². The van der Waals surface area contributed by atoms with Crippen LogP contribution in [-0.2, 0) is 0 Å². The van der Waals surface area contributed by atoms with E-state index in [1.807, 2.05) is 0 Å². The van der Waals surface area contributed by atoms with Crippen molar-refractivity contribution in [1.29, 1.82) is 2.56 Å². The van der Waals surface area contributed by atoms with Gasteiger partial charge in [-0.2, -0.15) is 0 Å². The molecule has 0 aliphatic heterocycles. The summed E-state index contributed by atoms with van der Waals surface area (Å²) in [6, 6.07) is 0. The zero-order chi connectivity index (χ0) is 5.45. The molecule has 0 atom stereocenters. The number of rotatable bonds is 0. The van der Waals surface area contributed by atoms with Crippen LogP contribution < -0.4 is 5.50 Å². The van der Waals surface area contributed by atoms with Gasteiger partial charge in [0.05, 0.1) is 0 Å². The van der Waals surface area contributed by atoms with Crippen molar-refractivity contribution in [3.05, 3.63) is 0 Å². The molecular weight excluding hydrogens is 76.0 g/mol. The fourth-order valence-electron chi connectivity index (χ4n) is 0. The van der Waals surface area contributed by atoms with E-state index in [9.17, 15) is 4.20 Å². The molecule has 0 radical (unpaired) electrons. The average molecular weight is 86.1 g/mol. The predicted molar refractivity (Wildman–Crippen MR) is 20.9 cm³/mol.